The molecule has 0 saturated heterocycles. The number of esters is 2. The van der Waals surface area contributed by atoms with Crippen LogP contribution in [0.3, 0.4) is 0 Å². The molecule has 24 heavy (non-hydrogen) atoms. The van der Waals surface area contributed by atoms with Gasteiger partial charge in [0.1, 0.15) is 11.5 Å². The van der Waals surface area contributed by atoms with E-state index in [0.717, 1.165) is 0 Å². The Balaban J connectivity index is 2.24. The van der Waals surface area contributed by atoms with Crippen molar-refractivity contribution in [3.05, 3.63) is 71.8 Å². The van der Waals surface area contributed by atoms with E-state index in [0.29, 0.717) is 16.9 Å². The van der Waals surface area contributed by atoms with Gasteiger partial charge in [0.05, 0.1) is 25.4 Å². The summed E-state index contributed by atoms with van der Waals surface area (Å²) in [6.07, 6.45) is 1.17. The minimum atomic E-state index is -0.572. The fraction of sp³-hybridized carbons (Fsp3) is 0.158. The summed E-state index contributed by atoms with van der Waals surface area (Å²) < 4.78 is 15.3. The van der Waals surface area contributed by atoms with E-state index in [1.54, 1.807) is 62.6 Å². The number of hydrogen-bond donors (Lipinski definition) is 0. The van der Waals surface area contributed by atoms with E-state index < -0.39 is 11.9 Å². The maximum atomic E-state index is 12.3. The zero-order chi connectivity index (χ0) is 17.4. The van der Waals surface area contributed by atoms with Crippen molar-refractivity contribution < 1.29 is 23.8 Å². The lowest BCUT2D eigenvalue weighted by Gasteiger charge is -2.09. The molecule has 0 N–H and O–H groups in total. The molecule has 0 radical (unpaired) electrons. The summed E-state index contributed by atoms with van der Waals surface area (Å²) >= 11 is 0. The second-order valence-electron chi connectivity index (χ2n) is 4.74. The second-order valence-corrected chi connectivity index (χ2v) is 4.74. The van der Waals surface area contributed by atoms with Crippen LogP contribution >= 0.6 is 0 Å². The normalized spacial score (nSPS) is 10.8. The number of methoxy groups -OCH3 is 1. The number of rotatable bonds is 6. The average molecular weight is 326 g/mol. The summed E-state index contributed by atoms with van der Waals surface area (Å²) in [4.78, 5) is 24.0. The molecule has 124 valence electrons. The van der Waals surface area contributed by atoms with Crippen LogP contribution in [0.15, 0.2) is 60.7 Å². The molecular formula is C19H18O5. The Kier molecular flexibility index (Phi) is 6.14. The first-order valence-electron chi connectivity index (χ1n) is 7.44. The molecule has 5 heteroatoms. The van der Waals surface area contributed by atoms with Gasteiger partial charge < -0.3 is 14.2 Å². The molecule has 0 aliphatic carbocycles. The molecule has 2 aromatic rings. The zero-order valence-electron chi connectivity index (χ0n) is 13.5. The summed E-state index contributed by atoms with van der Waals surface area (Å²) in [5, 5.41) is 0. The zero-order valence-corrected chi connectivity index (χ0v) is 13.5. The smallest absolute Gasteiger partial charge is 0.343 e. The van der Waals surface area contributed by atoms with Gasteiger partial charge in [-0.05, 0) is 31.2 Å². The van der Waals surface area contributed by atoms with E-state index >= 15 is 0 Å². The quantitative estimate of drug-likeness (QED) is 0.462. The van der Waals surface area contributed by atoms with E-state index in [2.05, 4.69) is 0 Å². The summed E-state index contributed by atoms with van der Waals surface area (Å²) in [7, 11) is 1.54. The van der Waals surface area contributed by atoms with Crippen LogP contribution in [-0.4, -0.2) is 25.7 Å². The minimum Gasteiger partial charge on any atom is -0.497 e. The van der Waals surface area contributed by atoms with Crippen LogP contribution in [0.2, 0.25) is 0 Å². The second kappa shape index (κ2) is 8.53. The van der Waals surface area contributed by atoms with Gasteiger partial charge in [-0.15, -0.1) is 0 Å². The van der Waals surface area contributed by atoms with Crippen LogP contribution in [0.25, 0.3) is 5.76 Å². The van der Waals surface area contributed by atoms with Gasteiger partial charge in [-0.2, -0.15) is 0 Å². The van der Waals surface area contributed by atoms with E-state index in [-0.39, 0.29) is 12.4 Å². The predicted molar refractivity (Wildman–Crippen MR) is 89.5 cm³/mol. The molecule has 0 bridgehead atoms. The molecule has 0 aromatic heterocycles. The number of hydrogen-bond acceptors (Lipinski definition) is 5. The third kappa shape index (κ3) is 4.71. The highest BCUT2D eigenvalue weighted by molar-refractivity contribution is 5.97. The summed E-state index contributed by atoms with van der Waals surface area (Å²) in [5.74, 6) is -0.372. The Hall–Kier alpha value is -3.08. The van der Waals surface area contributed by atoms with Crippen molar-refractivity contribution in [1.29, 1.82) is 0 Å². The molecule has 2 aromatic carbocycles. The number of benzene rings is 2. The first kappa shape index (κ1) is 17.3. The fourth-order valence-electron chi connectivity index (χ4n) is 1.95. The lowest BCUT2D eigenvalue weighted by atomic mass is 10.1. The molecule has 0 saturated carbocycles. The van der Waals surface area contributed by atoms with Crippen LogP contribution < -0.4 is 4.74 Å². The lowest BCUT2D eigenvalue weighted by Crippen LogP contribution is -2.08. The fourth-order valence-corrected chi connectivity index (χ4v) is 1.95. The lowest BCUT2D eigenvalue weighted by molar-refractivity contribution is -0.137. The average Bonchev–Trinajstić information content (AvgIpc) is 2.62. The topological polar surface area (TPSA) is 61.8 Å². The Morgan fingerprint density at radius 2 is 1.62 bits per heavy atom. The van der Waals surface area contributed by atoms with Gasteiger partial charge in [-0.3, -0.25) is 0 Å². The van der Waals surface area contributed by atoms with Crippen molar-refractivity contribution in [1.82, 2.24) is 0 Å². The predicted octanol–water partition coefficient (Wildman–Crippen LogP) is 3.46. The van der Waals surface area contributed by atoms with Gasteiger partial charge in [0.2, 0.25) is 0 Å². The maximum Gasteiger partial charge on any atom is 0.343 e. The van der Waals surface area contributed by atoms with Crippen molar-refractivity contribution >= 4 is 17.7 Å². The summed E-state index contributed by atoms with van der Waals surface area (Å²) in [5.41, 5.74) is 0.953. The molecule has 0 amide bonds. The SMILES string of the molecule is CCOC(=O)/C=C(/OC(=O)c1ccc(OC)cc1)c1ccccc1. The van der Waals surface area contributed by atoms with Crippen LogP contribution in [0.4, 0.5) is 0 Å². The van der Waals surface area contributed by atoms with E-state index in [1.165, 1.54) is 6.08 Å². The molecule has 0 fully saturated rings. The highest BCUT2D eigenvalue weighted by Crippen LogP contribution is 2.19. The molecule has 0 spiro atoms. The Morgan fingerprint density at radius 1 is 0.958 bits per heavy atom. The largest absolute Gasteiger partial charge is 0.497 e. The first-order valence-corrected chi connectivity index (χ1v) is 7.44. The molecule has 5 nitrogen and oxygen atoms in total. The van der Waals surface area contributed by atoms with Crippen molar-refractivity contribution in [3.8, 4) is 5.75 Å². The van der Waals surface area contributed by atoms with Crippen molar-refractivity contribution in [2.24, 2.45) is 0 Å². The summed E-state index contributed by atoms with van der Waals surface area (Å²) in [6.45, 7) is 1.95. The monoisotopic (exact) mass is 326 g/mol. The summed E-state index contributed by atoms with van der Waals surface area (Å²) in [6, 6.07) is 15.4. The van der Waals surface area contributed by atoms with Gasteiger partial charge in [-0.1, -0.05) is 30.3 Å². The van der Waals surface area contributed by atoms with Crippen LogP contribution in [0, 0.1) is 0 Å². The highest BCUT2D eigenvalue weighted by atomic mass is 16.5. The Labute approximate surface area is 140 Å². The molecule has 0 aliphatic rings. The van der Waals surface area contributed by atoms with E-state index in [1.807, 2.05) is 6.07 Å². The van der Waals surface area contributed by atoms with E-state index in [9.17, 15) is 9.59 Å². The minimum absolute atomic E-state index is 0.134. The standard InChI is InChI=1S/C19H18O5/c1-3-23-18(20)13-17(14-7-5-4-6-8-14)24-19(21)15-9-11-16(22-2)12-10-15/h4-13H,3H2,1-2H3/b17-13+. The Morgan fingerprint density at radius 3 is 2.21 bits per heavy atom. The molecule has 0 atom stereocenters. The van der Waals surface area contributed by atoms with Crippen molar-refractivity contribution in [2.75, 3.05) is 13.7 Å². The third-order valence-corrected chi connectivity index (χ3v) is 3.12. The molecule has 0 heterocycles. The van der Waals surface area contributed by atoms with Gasteiger partial charge in [-0.25, -0.2) is 9.59 Å². The Bertz CT molecular complexity index is 717. The number of carbonyl (C=O) groups is 2. The van der Waals surface area contributed by atoms with Gasteiger partial charge >= 0.3 is 11.9 Å². The van der Waals surface area contributed by atoms with Crippen molar-refractivity contribution in [3.63, 3.8) is 0 Å². The van der Waals surface area contributed by atoms with Crippen LogP contribution in [-0.2, 0) is 14.3 Å². The molecule has 0 aliphatic heterocycles. The third-order valence-electron chi connectivity index (χ3n) is 3.12. The van der Waals surface area contributed by atoms with E-state index in [4.69, 9.17) is 14.2 Å². The van der Waals surface area contributed by atoms with Crippen LogP contribution in [0.5, 0.6) is 5.75 Å². The number of ether oxygens (including phenoxy) is 3. The highest BCUT2D eigenvalue weighted by Gasteiger charge is 2.14. The number of carbonyl (C=O) groups excluding carboxylic acids is 2. The van der Waals surface area contributed by atoms with Gasteiger partial charge in [0.15, 0.2) is 0 Å². The molecule has 2 rings (SSSR count). The molecular weight excluding hydrogens is 308 g/mol. The van der Waals surface area contributed by atoms with Gasteiger partial charge in [0.25, 0.3) is 0 Å². The van der Waals surface area contributed by atoms with Crippen LogP contribution in [0.1, 0.15) is 22.8 Å². The van der Waals surface area contributed by atoms with Gasteiger partial charge in [0, 0.05) is 5.56 Å². The first-order chi connectivity index (χ1) is 11.6. The maximum absolute atomic E-state index is 12.3. The van der Waals surface area contributed by atoms with Crippen molar-refractivity contribution in [2.45, 2.75) is 6.92 Å². The molecule has 0 unspecified atom stereocenters.